The van der Waals surface area contributed by atoms with Gasteiger partial charge in [-0.1, -0.05) is 41.6 Å². The molecule has 0 aromatic heterocycles. The molecule has 0 aliphatic heterocycles. The normalized spacial score (nSPS) is 50.7. The van der Waals surface area contributed by atoms with Crippen LogP contribution < -0.4 is 0 Å². The predicted octanol–water partition coefficient (Wildman–Crippen LogP) is 3.74. The van der Waals surface area contributed by atoms with Gasteiger partial charge in [0.1, 0.15) is 0 Å². The van der Waals surface area contributed by atoms with Gasteiger partial charge >= 0.3 is 0 Å². The quantitative estimate of drug-likeness (QED) is 0.542. The maximum absolute atomic E-state index is 3.85. The number of alkyl halides is 1. The minimum Gasteiger partial charge on any atom is -0.0850 e. The second-order valence-electron chi connectivity index (χ2n) is 4.36. The fourth-order valence-corrected chi connectivity index (χ4v) is 3.67. The van der Waals surface area contributed by atoms with Crippen molar-refractivity contribution < 1.29 is 0 Å². The van der Waals surface area contributed by atoms with Crippen LogP contribution in [0, 0.1) is 11.8 Å². The van der Waals surface area contributed by atoms with Gasteiger partial charge < -0.3 is 0 Å². The molecule has 0 saturated heterocycles. The Morgan fingerprint density at radius 2 is 1.45 bits per heavy atom. The highest BCUT2D eigenvalue weighted by molar-refractivity contribution is 9.10. The Morgan fingerprint density at radius 3 is 1.91 bits per heavy atom. The van der Waals surface area contributed by atoms with Gasteiger partial charge in [-0.05, 0) is 31.6 Å². The van der Waals surface area contributed by atoms with Gasteiger partial charge in [0.2, 0.25) is 0 Å². The molecule has 1 heteroatoms. The summed E-state index contributed by atoms with van der Waals surface area (Å²) >= 11 is 3.85. The monoisotopic (exact) mass is 216 g/mol. The van der Waals surface area contributed by atoms with Crippen LogP contribution in [0.5, 0.6) is 0 Å². The van der Waals surface area contributed by atoms with Crippen molar-refractivity contribution in [2.24, 2.45) is 11.8 Å². The van der Waals surface area contributed by atoms with Gasteiger partial charge in [-0.2, -0.15) is 0 Å². The van der Waals surface area contributed by atoms with E-state index in [-0.39, 0.29) is 0 Å². The van der Waals surface area contributed by atoms with Gasteiger partial charge in [0.05, 0.1) is 0 Å². The molecule has 0 N–H and O–H groups in total. The van der Waals surface area contributed by atoms with Gasteiger partial charge in [0, 0.05) is 4.32 Å². The summed E-state index contributed by atoms with van der Waals surface area (Å²) in [6.45, 7) is 2.38. The van der Waals surface area contributed by atoms with Crippen molar-refractivity contribution >= 4 is 15.9 Å². The minimum absolute atomic E-state index is 0.539. The van der Waals surface area contributed by atoms with Crippen LogP contribution >= 0.6 is 15.9 Å². The van der Waals surface area contributed by atoms with Crippen molar-refractivity contribution in [2.45, 2.75) is 49.8 Å². The third-order valence-corrected chi connectivity index (χ3v) is 4.78. The van der Waals surface area contributed by atoms with Gasteiger partial charge in [0.25, 0.3) is 0 Å². The molecule has 2 rings (SSSR count). The summed E-state index contributed by atoms with van der Waals surface area (Å²) in [6, 6.07) is 0. The first-order chi connectivity index (χ1) is 5.23. The molecule has 11 heavy (non-hydrogen) atoms. The molecule has 0 heterocycles. The fraction of sp³-hybridized carbons (Fsp3) is 1.00. The summed E-state index contributed by atoms with van der Waals surface area (Å²) in [6.07, 6.45) is 8.86. The first kappa shape index (κ1) is 8.10. The van der Waals surface area contributed by atoms with E-state index in [1.165, 1.54) is 38.5 Å². The van der Waals surface area contributed by atoms with Crippen LogP contribution in [0.3, 0.4) is 0 Å². The Labute approximate surface area is 77.9 Å². The minimum atomic E-state index is 0.539. The van der Waals surface area contributed by atoms with E-state index in [9.17, 15) is 0 Å². The van der Waals surface area contributed by atoms with Gasteiger partial charge in [-0.25, -0.2) is 0 Å². The van der Waals surface area contributed by atoms with E-state index in [4.69, 9.17) is 0 Å². The molecule has 0 amide bonds. The lowest BCUT2D eigenvalue weighted by Crippen LogP contribution is -1.93. The largest absolute Gasteiger partial charge is 0.0850 e. The van der Waals surface area contributed by atoms with E-state index in [1.54, 1.807) is 0 Å². The van der Waals surface area contributed by atoms with Crippen molar-refractivity contribution in [3.05, 3.63) is 0 Å². The fourth-order valence-electron chi connectivity index (χ4n) is 2.71. The smallest absolute Gasteiger partial charge is 0.0292 e. The SMILES string of the molecule is CC1(Br)[C@@H]2CCCCCC[C@@H]21. The number of hydrogen-bond donors (Lipinski definition) is 0. The van der Waals surface area contributed by atoms with Crippen LogP contribution in [-0.4, -0.2) is 4.32 Å². The standard InChI is InChI=1S/C10H17Br/c1-10(11)8-6-4-2-3-5-7-9(8)10/h8-9H,2-7H2,1H3/t8-,9+,10?. The Hall–Kier alpha value is 0.480. The highest BCUT2D eigenvalue weighted by Crippen LogP contribution is 2.61. The maximum atomic E-state index is 3.85. The molecule has 64 valence electrons. The van der Waals surface area contributed by atoms with Crippen LogP contribution in [0.15, 0.2) is 0 Å². The maximum Gasteiger partial charge on any atom is 0.0292 e. The zero-order valence-corrected chi connectivity index (χ0v) is 8.86. The van der Waals surface area contributed by atoms with E-state index in [1.807, 2.05) is 0 Å². The van der Waals surface area contributed by atoms with Gasteiger partial charge in [-0.3, -0.25) is 0 Å². The topological polar surface area (TPSA) is 0 Å². The van der Waals surface area contributed by atoms with Crippen LogP contribution in [0.25, 0.3) is 0 Å². The summed E-state index contributed by atoms with van der Waals surface area (Å²) in [4.78, 5) is 0. The third-order valence-electron chi connectivity index (χ3n) is 3.61. The summed E-state index contributed by atoms with van der Waals surface area (Å²) in [5, 5.41) is 0. The van der Waals surface area contributed by atoms with Crippen molar-refractivity contribution in [3.63, 3.8) is 0 Å². The zero-order chi connectivity index (χ0) is 7.90. The molecule has 0 bridgehead atoms. The molecule has 0 spiro atoms. The molecule has 2 fully saturated rings. The Bertz CT molecular complexity index is 135. The molecule has 0 nitrogen and oxygen atoms in total. The summed E-state index contributed by atoms with van der Waals surface area (Å²) in [5.41, 5.74) is 0. The second kappa shape index (κ2) is 2.76. The van der Waals surface area contributed by atoms with Crippen LogP contribution in [-0.2, 0) is 0 Å². The highest BCUT2D eigenvalue weighted by atomic mass is 79.9. The number of hydrogen-bond acceptors (Lipinski definition) is 0. The van der Waals surface area contributed by atoms with E-state index in [2.05, 4.69) is 22.9 Å². The summed E-state index contributed by atoms with van der Waals surface area (Å²) < 4.78 is 0.539. The van der Waals surface area contributed by atoms with E-state index < -0.39 is 0 Å². The molecule has 2 aliphatic rings. The van der Waals surface area contributed by atoms with Crippen molar-refractivity contribution in [1.29, 1.82) is 0 Å². The molecule has 0 aromatic carbocycles. The molecule has 1 unspecified atom stereocenters. The molecule has 0 aromatic rings. The predicted molar refractivity (Wildman–Crippen MR) is 52.0 cm³/mol. The van der Waals surface area contributed by atoms with Gasteiger partial charge in [0.15, 0.2) is 0 Å². The average Bonchev–Trinajstić information content (AvgIpc) is 2.29. The van der Waals surface area contributed by atoms with Crippen molar-refractivity contribution in [3.8, 4) is 0 Å². The van der Waals surface area contributed by atoms with Crippen LogP contribution in [0.4, 0.5) is 0 Å². The van der Waals surface area contributed by atoms with E-state index in [0.717, 1.165) is 11.8 Å². The molecule has 0 radical (unpaired) electrons. The van der Waals surface area contributed by atoms with Crippen molar-refractivity contribution in [1.82, 2.24) is 0 Å². The molecule has 3 atom stereocenters. The Kier molecular flexibility index (Phi) is 2.03. The van der Waals surface area contributed by atoms with Crippen LogP contribution in [0.2, 0.25) is 0 Å². The highest BCUT2D eigenvalue weighted by Gasteiger charge is 2.57. The van der Waals surface area contributed by atoms with Crippen molar-refractivity contribution in [2.75, 3.05) is 0 Å². The zero-order valence-electron chi connectivity index (χ0n) is 7.28. The lowest BCUT2D eigenvalue weighted by molar-refractivity contribution is 0.485. The lowest BCUT2D eigenvalue weighted by Gasteiger charge is -2.04. The second-order valence-corrected chi connectivity index (χ2v) is 6.06. The first-order valence-corrected chi connectivity index (χ1v) is 5.71. The van der Waals surface area contributed by atoms with Crippen LogP contribution in [0.1, 0.15) is 45.4 Å². The first-order valence-electron chi connectivity index (χ1n) is 4.92. The number of rotatable bonds is 0. The van der Waals surface area contributed by atoms with Gasteiger partial charge in [-0.15, -0.1) is 0 Å². The molecule has 2 aliphatic carbocycles. The lowest BCUT2D eigenvalue weighted by atomic mass is 10.0. The Morgan fingerprint density at radius 1 is 1.00 bits per heavy atom. The van der Waals surface area contributed by atoms with E-state index in [0.29, 0.717) is 4.32 Å². The third kappa shape index (κ3) is 1.37. The molecular weight excluding hydrogens is 200 g/mol. The summed E-state index contributed by atoms with van der Waals surface area (Å²) in [5.74, 6) is 2.03. The van der Waals surface area contributed by atoms with E-state index >= 15 is 0 Å². The molecular formula is C10H17Br. The number of halogens is 1. The number of fused-ring (bicyclic) bond motifs is 1. The summed E-state index contributed by atoms with van der Waals surface area (Å²) in [7, 11) is 0. The average molecular weight is 217 g/mol. The Balaban J connectivity index is 1.95. The molecule has 2 saturated carbocycles.